The van der Waals surface area contributed by atoms with E-state index in [-0.39, 0.29) is 23.1 Å². The van der Waals surface area contributed by atoms with Crippen molar-refractivity contribution in [3.05, 3.63) is 76.5 Å². The molecule has 1 aliphatic rings. The molecule has 1 aliphatic heterocycles. The third-order valence-electron chi connectivity index (χ3n) is 4.87. The number of halogens is 6. The lowest BCUT2D eigenvalue weighted by Crippen LogP contribution is -2.19. The fourth-order valence-electron chi connectivity index (χ4n) is 3.39. The quantitative estimate of drug-likeness (QED) is 0.546. The number of rotatable bonds is 3. The van der Waals surface area contributed by atoms with Gasteiger partial charge in [0, 0.05) is 11.1 Å². The predicted molar refractivity (Wildman–Crippen MR) is 104 cm³/mol. The number of para-hydroxylation sites is 1. The summed E-state index contributed by atoms with van der Waals surface area (Å²) < 4.78 is 104. The molecule has 0 aliphatic carbocycles. The maximum atomic E-state index is 13.1. The van der Waals surface area contributed by atoms with Crippen LogP contribution < -0.4 is 5.32 Å². The van der Waals surface area contributed by atoms with Gasteiger partial charge in [-0.25, -0.2) is 13.1 Å². The van der Waals surface area contributed by atoms with Crippen molar-refractivity contribution < 1.29 is 39.6 Å². The molecule has 1 N–H and O–H groups in total. The molecule has 1 amide bonds. The topological polar surface area (TPSA) is 81.1 Å². The zero-order chi connectivity index (χ0) is 24.2. The van der Waals surface area contributed by atoms with Crippen LogP contribution in [0.25, 0.3) is 5.69 Å². The lowest BCUT2D eigenvalue weighted by molar-refractivity contribution is -0.143. The van der Waals surface area contributed by atoms with Gasteiger partial charge in [0.05, 0.1) is 34.0 Å². The van der Waals surface area contributed by atoms with Gasteiger partial charge in [0.15, 0.2) is 9.84 Å². The summed E-state index contributed by atoms with van der Waals surface area (Å²) in [6.45, 7) is 0. The summed E-state index contributed by atoms with van der Waals surface area (Å²) in [7, 11) is -3.56. The molecule has 2 aromatic carbocycles. The number of hydrogen-bond acceptors (Lipinski definition) is 4. The average Bonchev–Trinajstić information content (AvgIpc) is 3.19. The second-order valence-electron chi connectivity index (χ2n) is 7.30. The minimum Gasteiger partial charge on any atom is -0.306 e. The first-order valence-electron chi connectivity index (χ1n) is 9.22. The number of anilines is 1. The summed E-state index contributed by atoms with van der Waals surface area (Å²) >= 11 is 0. The van der Waals surface area contributed by atoms with Crippen LogP contribution in [0.2, 0.25) is 0 Å². The summed E-state index contributed by atoms with van der Waals surface area (Å²) in [6.07, 6.45) is -10.3. The Hall–Kier alpha value is -3.35. The summed E-state index contributed by atoms with van der Waals surface area (Å²) in [4.78, 5) is 12.8. The van der Waals surface area contributed by atoms with E-state index >= 15 is 0 Å². The van der Waals surface area contributed by atoms with Crippen LogP contribution in [-0.4, -0.2) is 24.1 Å². The standard InChI is InChI=1S/C20H13F6N3O3S/c21-19(22,23)12-6-11(7-13(8-12)20(24,25)26)18(30)27-17-15-9-33(31,32)10-16(15)28-29(17)14-4-2-1-3-5-14/h1-8H,9-10H2,(H,27,30). The molecule has 3 aromatic rings. The molecule has 13 heteroatoms. The molecule has 6 nitrogen and oxygen atoms in total. The molecule has 0 fully saturated rings. The first-order valence-corrected chi connectivity index (χ1v) is 11.0. The van der Waals surface area contributed by atoms with E-state index < -0.39 is 56.3 Å². The molecule has 0 saturated carbocycles. The average molecular weight is 489 g/mol. The van der Waals surface area contributed by atoms with E-state index in [0.29, 0.717) is 17.8 Å². The fourth-order valence-corrected chi connectivity index (χ4v) is 4.89. The van der Waals surface area contributed by atoms with Gasteiger partial charge in [-0.3, -0.25) is 4.79 Å². The number of carbonyl (C=O) groups is 1. The smallest absolute Gasteiger partial charge is 0.306 e. The summed E-state index contributed by atoms with van der Waals surface area (Å²) in [5.74, 6) is -2.32. The molecule has 0 saturated heterocycles. The van der Waals surface area contributed by atoms with Gasteiger partial charge in [0.2, 0.25) is 0 Å². The Bertz CT molecular complexity index is 1310. The molecule has 1 aromatic heterocycles. The Morgan fingerprint density at radius 1 is 0.909 bits per heavy atom. The molecule has 2 heterocycles. The van der Waals surface area contributed by atoms with Crippen molar-refractivity contribution in [2.75, 3.05) is 5.32 Å². The van der Waals surface area contributed by atoms with Crippen LogP contribution in [0.15, 0.2) is 48.5 Å². The van der Waals surface area contributed by atoms with Gasteiger partial charge in [-0.15, -0.1) is 0 Å². The van der Waals surface area contributed by atoms with Crippen molar-refractivity contribution in [1.82, 2.24) is 9.78 Å². The van der Waals surface area contributed by atoms with Gasteiger partial charge in [0.25, 0.3) is 5.91 Å². The van der Waals surface area contributed by atoms with Crippen molar-refractivity contribution in [3.63, 3.8) is 0 Å². The van der Waals surface area contributed by atoms with Crippen LogP contribution in [0, 0.1) is 0 Å². The fraction of sp³-hybridized carbons (Fsp3) is 0.200. The molecular formula is C20H13F6N3O3S. The number of nitrogens with one attached hydrogen (secondary N) is 1. The second-order valence-corrected chi connectivity index (χ2v) is 9.37. The SMILES string of the molecule is O=C(Nc1c2c(nn1-c1ccccc1)CS(=O)(=O)C2)c1cc(C(F)(F)F)cc(C(F)(F)F)c1. The van der Waals surface area contributed by atoms with E-state index in [9.17, 15) is 39.6 Å². The van der Waals surface area contributed by atoms with Crippen molar-refractivity contribution >= 4 is 21.6 Å². The zero-order valence-corrected chi connectivity index (χ0v) is 17.1. The van der Waals surface area contributed by atoms with Crippen LogP contribution in [0.1, 0.15) is 32.7 Å². The zero-order valence-electron chi connectivity index (χ0n) is 16.3. The molecule has 0 spiro atoms. The summed E-state index contributed by atoms with van der Waals surface area (Å²) in [6, 6.07) is 8.62. The van der Waals surface area contributed by atoms with E-state index in [0.717, 1.165) is 0 Å². The monoisotopic (exact) mass is 489 g/mol. The van der Waals surface area contributed by atoms with E-state index in [2.05, 4.69) is 10.4 Å². The molecule has 174 valence electrons. The molecule has 4 rings (SSSR count). The van der Waals surface area contributed by atoms with Gasteiger partial charge < -0.3 is 5.32 Å². The first kappa shape index (κ1) is 22.8. The number of alkyl halides is 6. The number of nitrogens with zero attached hydrogens (tertiary/aromatic N) is 2. The van der Waals surface area contributed by atoms with Crippen LogP contribution in [0.4, 0.5) is 32.2 Å². The highest BCUT2D eigenvalue weighted by Crippen LogP contribution is 2.37. The first-order chi connectivity index (χ1) is 15.2. The van der Waals surface area contributed by atoms with E-state index in [1.807, 2.05) is 0 Å². The molecular weight excluding hydrogens is 476 g/mol. The lowest BCUT2D eigenvalue weighted by Gasteiger charge is -2.15. The Kier molecular flexibility index (Phi) is 5.26. The van der Waals surface area contributed by atoms with Crippen LogP contribution in [0.5, 0.6) is 0 Å². The number of carbonyl (C=O) groups excluding carboxylic acids is 1. The third-order valence-corrected chi connectivity index (χ3v) is 6.31. The minimum absolute atomic E-state index is 0.0880. The van der Waals surface area contributed by atoms with Crippen molar-refractivity contribution in [1.29, 1.82) is 0 Å². The van der Waals surface area contributed by atoms with Crippen LogP contribution >= 0.6 is 0 Å². The van der Waals surface area contributed by atoms with E-state index in [4.69, 9.17) is 0 Å². The molecule has 33 heavy (non-hydrogen) atoms. The normalized spacial score (nSPS) is 15.3. The lowest BCUT2D eigenvalue weighted by atomic mass is 10.0. The second kappa shape index (κ2) is 7.61. The van der Waals surface area contributed by atoms with E-state index in [1.54, 1.807) is 30.3 Å². The number of sulfone groups is 1. The van der Waals surface area contributed by atoms with Gasteiger partial charge >= 0.3 is 12.4 Å². The number of hydrogen-bond donors (Lipinski definition) is 1. The molecule has 0 bridgehead atoms. The molecule has 0 unspecified atom stereocenters. The van der Waals surface area contributed by atoms with Crippen LogP contribution in [-0.2, 0) is 33.7 Å². The Balaban J connectivity index is 1.80. The highest BCUT2D eigenvalue weighted by molar-refractivity contribution is 7.90. The maximum Gasteiger partial charge on any atom is 0.416 e. The van der Waals surface area contributed by atoms with Crippen molar-refractivity contribution in [2.45, 2.75) is 23.9 Å². The van der Waals surface area contributed by atoms with Gasteiger partial charge in [-0.05, 0) is 30.3 Å². The van der Waals surface area contributed by atoms with Crippen LogP contribution in [0.3, 0.4) is 0 Å². The Morgan fingerprint density at radius 2 is 1.48 bits per heavy atom. The Labute approximate surface area is 182 Å². The largest absolute Gasteiger partial charge is 0.416 e. The van der Waals surface area contributed by atoms with Gasteiger partial charge in [0.1, 0.15) is 5.82 Å². The number of benzene rings is 2. The molecule has 0 atom stereocenters. The summed E-state index contributed by atoms with van der Waals surface area (Å²) in [5, 5.41) is 6.44. The number of amides is 1. The van der Waals surface area contributed by atoms with E-state index in [1.165, 1.54) is 4.68 Å². The summed E-state index contributed by atoms with van der Waals surface area (Å²) in [5.41, 5.74) is -3.53. The Morgan fingerprint density at radius 3 is 2.03 bits per heavy atom. The van der Waals surface area contributed by atoms with Crippen molar-refractivity contribution in [3.8, 4) is 5.69 Å². The van der Waals surface area contributed by atoms with Gasteiger partial charge in [-0.2, -0.15) is 31.4 Å². The minimum atomic E-state index is -5.13. The maximum absolute atomic E-state index is 13.1. The third kappa shape index (κ3) is 4.58. The highest BCUT2D eigenvalue weighted by atomic mass is 32.2. The predicted octanol–water partition coefficient (Wildman–Crippen LogP) is 4.59. The highest BCUT2D eigenvalue weighted by Gasteiger charge is 2.38. The molecule has 0 radical (unpaired) electrons. The van der Waals surface area contributed by atoms with Gasteiger partial charge in [-0.1, -0.05) is 18.2 Å². The number of fused-ring (bicyclic) bond motifs is 1. The van der Waals surface area contributed by atoms with Crippen molar-refractivity contribution in [2.24, 2.45) is 0 Å². The number of aromatic nitrogens is 2.